The number of likely N-dealkylation sites (tertiary alicyclic amines) is 1. The van der Waals surface area contributed by atoms with E-state index >= 15 is 0 Å². The number of carbonyl (C=O) groups is 2. The van der Waals surface area contributed by atoms with E-state index in [-0.39, 0.29) is 17.2 Å². The van der Waals surface area contributed by atoms with Crippen LogP contribution in [-0.4, -0.2) is 35.0 Å². The quantitative estimate of drug-likeness (QED) is 0.890. The fraction of sp³-hybridized carbons (Fsp3) is 0.500. The van der Waals surface area contributed by atoms with Crippen molar-refractivity contribution in [1.82, 2.24) is 4.90 Å². The zero-order chi connectivity index (χ0) is 15.2. The predicted molar refractivity (Wildman–Crippen MR) is 82.2 cm³/mol. The number of carboxylic acids is 1. The Hall–Kier alpha value is -1.36. The largest absolute Gasteiger partial charge is 0.481 e. The van der Waals surface area contributed by atoms with Gasteiger partial charge in [-0.15, -0.1) is 0 Å². The number of aryl methyl sites for hydroxylation is 1. The molecule has 1 atom stereocenters. The van der Waals surface area contributed by atoms with Gasteiger partial charge in [0.1, 0.15) is 0 Å². The maximum Gasteiger partial charge on any atom is 0.307 e. The van der Waals surface area contributed by atoms with E-state index in [1.54, 1.807) is 0 Å². The molecular formula is C16H18BrNO3. The number of amides is 1. The van der Waals surface area contributed by atoms with Crippen molar-refractivity contribution in [2.75, 3.05) is 13.1 Å². The van der Waals surface area contributed by atoms with Crippen molar-refractivity contribution in [2.45, 2.75) is 26.2 Å². The molecule has 1 amide bonds. The maximum atomic E-state index is 12.6. The molecular weight excluding hydrogens is 334 g/mol. The summed E-state index contributed by atoms with van der Waals surface area (Å²) in [7, 11) is 0. The average molecular weight is 352 g/mol. The van der Waals surface area contributed by atoms with Crippen LogP contribution in [0.2, 0.25) is 0 Å². The third kappa shape index (κ3) is 2.59. The Morgan fingerprint density at radius 2 is 2.00 bits per heavy atom. The molecule has 21 heavy (non-hydrogen) atoms. The number of halogens is 1. The molecule has 0 bridgehead atoms. The average Bonchev–Trinajstić information content (AvgIpc) is 3.13. The summed E-state index contributed by atoms with van der Waals surface area (Å²) in [5.74, 6) is -0.846. The van der Waals surface area contributed by atoms with E-state index in [0.29, 0.717) is 18.7 Å². The van der Waals surface area contributed by atoms with Crippen molar-refractivity contribution < 1.29 is 14.7 Å². The first kappa shape index (κ1) is 14.6. The molecule has 1 aromatic carbocycles. The third-order valence-electron chi connectivity index (χ3n) is 4.89. The molecule has 1 aliphatic heterocycles. The number of aliphatic carboxylic acids is 1. The van der Waals surface area contributed by atoms with Gasteiger partial charge in [0, 0.05) is 17.6 Å². The van der Waals surface area contributed by atoms with Gasteiger partial charge in [0.15, 0.2) is 0 Å². The summed E-state index contributed by atoms with van der Waals surface area (Å²) in [6.07, 6.45) is 2.39. The minimum atomic E-state index is -0.684. The molecule has 1 aromatic rings. The van der Waals surface area contributed by atoms with Gasteiger partial charge in [0.2, 0.25) is 0 Å². The maximum absolute atomic E-state index is 12.6. The molecule has 3 rings (SSSR count). The fourth-order valence-corrected chi connectivity index (χ4v) is 4.03. The first-order valence-electron chi connectivity index (χ1n) is 7.21. The van der Waals surface area contributed by atoms with Crippen molar-refractivity contribution in [1.29, 1.82) is 0 Å². The van der Waals surface area contributed by atoms with E-state index < -0.39 is 5.97 Å². The summed E-state index contributed by atoms with van der Waals surface area (Å²) in [5, 5.41) is 9.10. The highest BCUT2D eigenvalue weighted by Gasteiger charge is 2.59. The molecule has 1 N–H and O–H groups in total. The summed E-state index contributed by atoms with van der Waals surface area (Å²) in [6.45, 7) is 3.30. The second kappa shape index (κ2) is 5.13. The smallest absolute Gasteiger partial charge is 0.307 e. The third-order valence-corrected chi connectivity index (χ3v) is 5.55. The zero-order valence-corrected chi connectivity index (χ0v) is 13.5. The van der Waals surface area contributed by atoms with Gasteiger partial charge in [-0.2, -0.15) is 0 Å². The molecule has 2 fully saturated rings. The molecule has 0 radical (unpaired) electrons. The van der Waals surface area contributed by atoms with E-state index in [1.165, 1.54) is 0 Å². The van der Waals surface area contributed by atoms with E-state index in [1.807, 2.05) is 30.0 Å². The summed E-state index contributed by atoms with van der Waals surface area (Å²) in [5.41, 5.74) is 1.76. The lowest BCUT2D eigenvalue weighted by Crippen LogP contribution is -2.40. The Morgan fingerprint density at radius 3 is 2.52 bits per heavy atom. The minimum absolute atomic E-state index is 0.0317. The first-order valence-corrected chi connectivity index (χ1v) is 8.00. The van der Waals surface area contributed by atoms with Gasteiger partial charge in [0.05, 0.1) is 11.5 Å². The normalized spacial score (nSPS) is 23.1. The number of hydrogen-bond donors (Lipinski definition) is 1. The van der Waals surface area contributed by atoms with Crippen molar-refractivity contribution in [3.05, 3.63) is 33.8 Å². The zero-order valence-electron chi connectivity index (χ0n) is 11.9. The van der Waals surface area contributed by atoms with E-state index in [2.05, 4.69) is 15.9 Å². The molecule has 2 aliphatic rings. The van der Waals surface area contributed by atoms with E-state index in [0.717, 1.165) is 29.3 Å². The molecule has 1 spiro atoms. The van der Waals surface area contributed by atoms with Gasteiger partial charge < -0.3 is 10.0 Å². The Morgan fingerprint density at radius 1 is 1.33 bits per heavy atom. The number of carbonyl (C=O) groups excluding carboxylic acids is 1. The van der Waals surface area contributed by atoms with Crippen molar-refractivity contribution >= 4 is 27.8 Å². The Balaban J connectivity index is 1.67. The molecule has 112 valence electrons. The predicted octanol–water partition coefficient (Wildman–Crippen LogP) is 3.08. The van der Waals surface area contributed by atoms with Crippen LogP contribution < -0.4 is 0 Å². The molecule has 1 aliphatic carbocycles. The number of rotatable bonds is 2. The van der Waals surface area contributed by atoms with Gasteiger partial charge in [-0.3, -0.25) is 9.59 Å². The highest BCUT2D eigenvalue weighted by molar-refractivity contribution is 9.10. The summed E-state index contributed by atoms with van der Waals surface area (Å²) in [4.78, 5) is 25.5. The molecule has 1 saturated carbocycles. The number of hydrogen-bond acceptors (Lipinski definition) is 2. The molecule has 1 saturated heterocycles. The van der Waals surface area contributed by atoms with Crippen LogP contribution in [-0.2, 0) is 4.79 Å². The van der Waals surface area contributed by atoms with Crippen LogP contribution in [0.25, 0.3) is 0 Å². The SMILES string of the molecule is Cc1ccc(C(=O)N2CCC3(CC2)CC3C(=O)O)c(Br)c1. The summed E-state index contributed by atoms with van der Waals surface area (Å²) >= 11 is 3.45. The lowest BCUT2D eigenvalue weighted by molar-refractivity contribution is -0.139. The van der Waals surface area contributed by atoms with Gasteiger partial charge >= 0.3 is 5.97 Å². The topological polar surface area (TPSA) is 57.6 Å². The Bertz CT molecular complexity index is 606. The fourth-order valence-electron chi connectivity index (χ4n) is 3.37. The minimum Gasteiger partial charge on any atom is -0.481 e. The van der Waals surface area contributed by atoms with Gasteiger partial charge in [-0.1, -0.05) is 6.07 Å². The number of carboxylic acid groups (broad SMARTS) is 1. The van der Waals surface area contributed by atoms with Crippen LogP contribution in [0, 0.1) is 18.3 Å². The van der Waals surface area contributed by atoms with Crippen LogP contribution in [0.15, 0.2) is 22.7 Å². The highest BCUT2D eigenvalue weighted by Crippen LogP contribution is 2.59. The van der Waals surface area contributed by atoms with Gasteiger partial charge in [-0.25, -0.2) is 0 Å². The van der Waals surface area contributed by atoms with Crippen LogP contribution in [0.4, 0.5) is 0 Å². The Kier molecular flexibility index (Phi) is 3.56. The lowest BCUT2D eigenvalue weighted by atomic mass is 9.90. The molecule has 5 heteroatoms. The molecule has 4 nitrogen and oxygen atoms in total. The van der Waals surface area contributed by atoms with Crippen molar-refractivity contribution in [3.63, 3.8) is 0 Å². The van der Waals surface area contributed by atoms with E-state index in [9.17, 15) is 9.59 Å². The van der Waals surface area contributed by atoms with Crippen LogP contribution in [0.3, 0.4) is 0 Å². The number of benzene rings is 1. The lowest BCUT2D eigenvalue weighted by Gasteiger charge is -2.33. The summed E-state index contributed by atoms with van der Waals surface area (Å²) < 4.78 is 0.822. The number of nitrogens with zero attached hydrogens (tertiary/aromatic N) is 1. The van der Waals surface area contributed by atoms with Crippen LogP contribution in [0.5, 0.6) is 0 Å². The second-order valence-corrected chi connectivity index (χ2v) is 7.09. The van der Waals surface area contributed by atoms with E-state index in [4.69, 9.17) is 5.11 Å². The second-order valence-electron chi connectivity index (χ2n) is 6.23. The standard InChI is InChI=1S/C16H18BrNO3/c1-10-2-3-11(13(17)8-10)14(19)18-6-4-16(5-7-18)9-12(16)15(20)21/h2-3,8,12H,4-7,9H2,1H3,(H,20,21). The summed E-state index contributed by atoms with van der Waals surface area (Å²) in [6, 6.07) is 5.73. The van der Waals surface area contributed by atoms with Crippen LogP contribution >= 0.6 is 15.9 Å². The molecule has 0 aromatic heterocycles. The molecule has 1 heterocycles. The monoisotopic (exact) mass is 351 g/mol. The van der Waals surface area contributed by atoms with Crippen LogP contribution in [0.1, 0.15) is 35.2 Å². The van der Waals surface area contributed by atoms with Crippen molar-refractivity contribution in [3.8, 4) is 0 Å². The number of piperidine rings is 1. The van der Waals surface area contributed by atoms with Gasteiger partial charge in [-0.05, 0) is 65.2 Å². The molecule has 1 unspecified atom stereocenters. The highest BCUT2D eigenvalue weighted by atomic mass is 79.9. The van der Waals surface area contributed by atoms with Crippen molar-refractivity contribution in [2.24, 2.45) is 11.3 Å². The first-order chi connectivity index (χ1) is 9.93. The van der Waals surface area contributed by atoms with Gasteiger partial charge in [0.25, 0.3) is 5.91 Å². The Labute approximate surface area is 132 Å².